The molecule has 164 valence electrons. The Morgan fingerprint density at radius 1 is 1.13 bits per heavy atom. The first-order valence-corrected chi connectivity index (χ1v) is 11.7. The van der Waals surface area contributed by atoms with E-state index in [1.54, 1.807) is 24.3 Å². The SMILES string of the molecule is CC[C@H](Oc1ccc(N(C)S(C)(=O)=O)cc1)C(=O)NCCOc1cccc(C)c1C. The van der Waals surface area contributed by atoms with Crippen LogP contribution in [-0.4, -0.2) is 46.9 Å². The van der Waals surface area contributed by atoms with Gasteiger partial charge in [0.15, 0.2) is 6.10 Å². The second-order valence-corrected chi connectivity index (χ2v) is 9.09. The van der Waals surface area contributed by atoms with Gasteiger partial charge in [0.2, 0.25) is 10.0 Å². The number of nitrogens with one attached hydrogen (secondary N) is 1. The maximum Gasteiger partial charge on any atom is 0.261 e. The zero-order valence-electron chi connectivity index (χ0n) is 18.1. The number of amides is 1. The van der Waals surface area contributed by atoms with Crippen molar-refractivity contribution in [3.05, 3.63) is 53.6 Å². The van der Waals surface area contributed by atoms with Crippen LogP contribution in [0.4, 0.5) is 5.69 Å². The standard InChI is InChI=1S/C22H30N2O5S/c1-6-20(29-19-12-10-18(11-13-19)24(4)30(5,26)27)22(25)23-14-15-28-21-9-7-8-16(2)17(21)3/h7-13,20H,6,14-15H2,1-5H3,(H,23,25)/t20-/m0/s1. The number of hydrogen-bond acceptors (Lipinski definition) is 5. The molecule has 0 unspecified atom stereocenters. The molecule has 1 amide bonds. The summed E-state index contributed by atoms with van der Waals surface area (Å²) < 4.78 is 35.9. The van der Waals surface area contributed by atoms with Crippen LogP contribution >= 0.6 is 0 Å². The van der Waals surface area contributed by atoms with Crippen molar-refractivity contribution >= 4 is 21.6 Å². The predicted molar refractivity (Wildman–Crippen MR) is 119 cm³/mol. The Hall–Kier alpha value is -2.74. The fraction of sp³-hybridized carbons (Fsp3) is 0.409. The van der Waals surface area contributed by atoms with Gasteiger partial charge in [0.05, 0.1) is 18.5 Å². The van der Waals surface area contributed by atoms with Crippen LogP contribution < -0.4 is 19.1 Å². The van der Waals surface area contributed by atoms with Gasteiger partial charge in [-0.25, -0.2) is 8.42 Å². The van der Waals surface area contributed by atoms with Crippen molar-refractivity contribution in [3.63, 3.8) is 0 Å². The molecule has 0 spiro atoms. The number of carbonyl (C=O) groups is 1. The Balaban J connectivity index is 1.86. The lowest BCUT2D eigenvalue weighted by molar-refractivity contribution is -0.128. The summed E-state index contributed by atoms with van der Waals surface area (Å²) in [5.41, 5.74) is 2.76. The fourth-order valence-electron chi connectivity index (χ4n) is 2.74. The van der Waals surface area contributed by atoms with Crippen molar-refractivity contribution in [1.29, 1.82) is 0 Å². The average molecular weight is 435 g/mol. The molecule has 0 bridgehead atoms. The van der Waals surface area contributed by atoms with Gasteiger partial charge in [0.1, 0.15) is 18.1 Å². The van der Waals surface area contributed by atoms with Crippen molar-refractivity contribution < 1.29 is 22.7 Å². The van der Waals surface area contributed by atoms with E-state index in [1.807, 2.05) is 39.0 Å². The zero-order chi connectivity index (χ0) is 22.3. The molecule has 0 aliphatic heterocycles. The van der Waals surface area contributed by atoms with E-state index in [4.69, 9.17) is 9.47 Å². The minimum atomic E-state index is -3.33. The number of ether oxygens (including phenoxy) is 2. The molecule has 0 aliphatic carbocycles. The highest BCUT2D eigenvalue weighted by Crippen LogP contribution is 2.22. The first-order valence-electron chi connectivity index (χ1n) is 9.80. The minimum Gasteiger partial charge on any atom is -0.491 e. The largest absolute Gasteiger partial charge is 0.491 e. The monoisotopic (exact) mass is 434 g/mol. The molecule has 2 rings (SSSR count). The van der Waals surface area contributed by atoms with E-state index >= 15 is 0 Å². The number of aryl methyl sites for hydroxylation is 1. The van der Waals surface area contributed by atoms with Crippen molar-refractivity contribution in [3.8, 4) is 11.5 Å². The minimum absolute atomic E-state index is 0.223. The first-order chi connectivity index (χ1) is 14.1. The predicted octanol–water partition coefficient (Wildman–Crippen LogP) is 3.05. The number of benzene rings is 2. The molecule has 0 saturated carbocycles. The van der Waals surface area contributed by atoms with E-state index in [9.17, 15) is 13.2 Å². The Morgan fingerprint density at radius 2 is 1.80 bits per heavy atom. The van der Waals surface area contributed by atoms with Gasteiger partial charge in [-0.05, 0) is 61.7 Å². The maximum absolute atomic E-state index is 12.4. The molecule has 0 radical (unpaired) electrons. The van der Waals surface area contributed by atoms with Crippen LogP contribution in [0.1, 0.15) is 24.5 Å². The van der Waals surface area contributed by atoms with E-state index in [0.717, 1.165) is 23.1 Å². The van der Waals surface area contributed by atoms with E-state index in [2.05, 4.69) is 5.32 Å². The van der Waals surface area contributed by atoms with Crippen LogP contribution in [-0.2, 0) is 14.8 Å². The molecule has 30 heavy (non-hydrogen) atoms. The fourth-order valence-corrected chi connectivity index (χ4v) is 3.25. The van der Waals surface area contributed by atoms with Crippen LogP contribution in [0.2, 0.25) is 0 Å². The topological polar surface area (TPSA) is 84.9 Å². The second kappa shape index (κ2) is 10.3. The Bertz CT molecular complexity index is 958. The van der Waals surface area contributed by atoms with Crippen LogP contribution in [0.15, 0.2) is 42.5 Å². The number of sulfonamides is 1. The molecule has 0 heterocycles. The molecule has 0 aromatic heterocycles. The third kappa shape index (κ3) is 6.38. The average Bonchev–Trinajstić information content (AvgIpc) is 2.71. The van der Waals surface area contributed by atoms with Crippen LogP contribution in [0.25, 0.3) is 0 Å². The third-order valence-electron chi connectivity index (χ3n) is 4.85. The highest BCUT2D eigenvalue weighted by Gasteiger charge is 2.18. The summed E-state index contributed by atoms with van der Waals surface area (Å²) in [4.78, 5) is 12.4. The van der Waals surface area contributed by atoms with Crippen molar-refractivity contribution in [2.45, 2.75) is 33.3 Å². The van der Waals surface area contributed by atoms with E-state index in [1.165, 1.54) is 11.4 Å². The van der Waals surface area contributed by atoms with E-state index in [0.29, 0.717) is 31.0 Å². The van der Waals surface area contributed by atoms with Crippen molar-refractivity contribution in [2.75, 3.05) is 30.8 Å². The van der Waals surface area contributed by atoms with Gasteiger partial charge in [-0.2, -0.15) is 0 Å². The van der Waals surface area contributed by atoms with Crippen LogP contribution in [0, 0.1) is 13.8 Å². The summed E-state index contributed by atoms with van der Waals surface area (Å²) in [6.45, 7) is 6.62. The van der Waals surface area contributed by atoms with Crippen LogP contribution in [0.5, 0.6) is 11.5 Å². The second-order valence-electron chi connectivity index (χ2n) is 7.08. The number of hydrogen-bond donors (Lipinski definition) is 1. The van der Waals surface area contributed by atoms with Gasteiger partial charge in [-0.1, -0.05) is 19.1 Å². The highest BCUT2D eigenvalue weighted by atomic mass is 32.2. The van der Waals surface area contributed by atoms with Gasteiger partial charge in [-0.15, -0.1) is 0 Å². The van der Waals surface area contributed by atoms with Crippen LogP contribution in [0.3, 0.4) is 0 Å². The number of carbonyl (C=O) groups excluding carboxylic acids is 1. The van der Waals surface area contributed by atoms with Crippen molar-refractivity contribution in [2.24, 2.45) is 0 Å². The number of nitrogens with zero attached hydrogens (tertiary/aromatic N) is 1. The quantitative estimate of drug-likeness (QED) is 0.581. The maximum atomic E-state index is 12.4. The summed E-state index contributed by atoms with van der Waals surface area (Å²) in [6.07, 6.45) is 0.984. The summed E-state index contributed by atoms with van der Waals surface area (Å²) in [5.74, 6) is 1.08. The lowest BCUT2D eigenvalue weighted by Crippen LogP contribution is -2.39. The van der Waals surface area contributed by atoms with E-state index < -0.39 is 16.1 Å². The first kappa shape index (κ1) is 23.5. The molecule has 8 heteroatoms. The lowest BCUT2D eigenvalue weighted by Gasteiger charge is -2.19. The van der Waals surface area contributed by atoms with Crippen molar-refractivity contribution in [1.82, 2.24) is 5.32 Å². The Labute approximate surface area is 179 Å². The van der Waals surface area contributed by atoms with Gasteiger partial charge in [0, 0.05) is 7.05 Å². The molecule has 1 atom stereocenters. The molecule has 0 fully saturated rings. The normalized spacial score (nSPS) is 12.2. The van der Waals surface area contributed by atoms with Gasteiger partial charge < -0.3 is 14.8 Å². The lowest BCUT2D eigenvalue weighted by atomic mass is 10.1. The number of rotatable bonds is 10. The molecule has 0 saturated heterocycles. The molecule has 0 aliphatic rings. The zero-order valence-corrected chi connectivity index (χ0v) is 19.0. The van der Waals surface area contributed by atoms with Gasteiger partial charge in [-0.3, -0.25) is 9.10 Å². The molecule has 7 nitrogen and oxygen atoms in total. The molecular weight excluding hydrogens is 404 g/mol. The summed E-state index contributed by atoms with van der Waals surface area (Å²) in [6, 6.07) is 12.5. The summed E-state index contributed by atoms with van der Waals surface area (Å²) in [5, 5.41) is 2.83. The third-order valence-corrected chi connectivity index (χ3v) is 6.06. The Kier molecular flexibility index (Phi) is 8.11. The van der Waals surface area contributed by atoms with E-state index in [-0.39, 0.29) is 5.91 Å². The highest BCUT2D eigenvalue weighted by molar-refractivity contribution is 7.92. The smallest absolute Gasteiger partial charge is 0.261 e. The molecule has 1 N–H and O–H groups in total. The summed E-state index contributed by atoms with van der Waals surface area (Å²) in [7, 11) is -1.85. The van der Waals surface area contributed by atoms with Gasteiger partial charge >= 0.3 is 0 Å². The van der Waals surface area contributed by atoms with Gasteiger partial charge in [0.25, 0.3) is 5.91 Å². The molecular formula is C22H30N2O5S. The number of anilines is 1. The Morgan fingerprint density at radius 3 is 2.40 bits per heavy atom. The molecule has 2 aromatic rings. The summed E-state index contributed by atoms with van der Waals surface area (Å²) >= 11 is 0. The molecule has 2 aromatic carbocycles.